The second-order valence-corrected chi connectivity index (χ2v) is 8.19. The van der Waals surface area contributed by atoms with Gasteiger partial charge in [-0.3, -0.25) is 4.79 Å². The maximum atomic E-state index is 13.6. The highest BCUT2D eigenvalue weighted by Crippen LogP contribution is 2.46. The van der Waals surface area contributed by atoms with Crippen molar-refractivity contribution < 1.29 is 14.3 Å². The molecule has 0 unspecified atom stereocenters. The number of carbonyl (C=O) groups excluding carboxylic acids is 1. The summed E-state index contributed by atoms with van der Waals surface area (Å²) in [6.45, 7) is 0. The van der Waals surface area contributed by atoms with E-state index < -0.39 is 0 Å². The molecule has 162 valence electrons. The third-order valence-corrected chi connectivity index (χ3v) is 6.33. The van der Waals surface area contributed by atoms with E-state index in [2.05, 4.69) is 22.8 Å². The lowest BCUT2D eigenvalue weighted by Gasteiger charge is -2.30. The predicted molar refractivity (Wildman–Crippen MR) is 126 cm³/mol. The molecule has 0 fully saturated rings. The van der Waals surface area contributed by atoms with Gasteiger partial charge in [-0.1, -0.05) is 42.5 Å². The number of rotatable bonds is 4. The van der Waals surface area contributed by atoms with E-state index in [1.807, 2.05) is 60.7 Å². The maximum absolute atomic E-state index is 13.6. The number of methoxy groups -OCH3 is 2. The number of hydrogen-bond acceptors (Lipinski definition) is 5. The number of carbonyl (C=O) groups is 1. The first-order valence-corrected chi connectivity index (χ1v) is 10.8. The van der Waals surface area contributed by atoms with Crippen molar-refractivity contribution in [3.63, 3.8) is 0 Å². The highest BCUT2D eigenvalue weighted by molar-refractivity contribution is 6.01. The molecule has 2 aliphatic rings. The van der Waals surface area contributed by atoms with Gasteiger partial charge < -0.3 is 20.1 Å². The summed E-state index contributed by atoms with van der Waals surface area (Å²) in [7, 11) is 3.28. The fourth-order valence-electron chi connectivity index (χ4n) is 4.74. The Bertz CT molecular complexity index is 1190. The number of Topliss-reactive ketones (excluding diaryl/α,β-unsaturated/α-hetero) is 1. The monoisotopic (exact) mass is 426 g/mol. The average molecular weight is 427 g/mol. The van der Waals surface area contributed by atoms with Crippen molar-refractivity contribution in [2.24, 2.45) is 0 Å². The molecule has 5 nitrogen and oxygen atoms in total. The van der Waals surface area contributed by atoms with Crippen molar-refractivity contribution in [1.82, 2.24) is 0 Å². The molecule has 1 aliphatic heterocycles. The van der Waals surface area contributed by atoms with Crippen molar-refractivity contribution in [2.75, 3.05) is 24.9 Å². The fraction of sp³-hybridized carbons (Fsp3) is 0.222. The Labute approximate surface area is 188 Å². The molecular formula is C27H26N2O3. The lowest BCUT2D eigenvalue weighted by atomic mass is 9.78. The maximum Gasteiger partial charge on any atom is 0.163 e. The van der Waals surface area contributed by atoms with Gasteiger partial charge >= 0.3 is 0 Å². The van der Waals surface area contributed by atoms with Crippen LogP contribution in [0.3, 0.4) is 0 Å². The minimum Gasteiger partial charge on any atom is -0.497 e. The minimum absolute atomic E-state index is 0.149. The van der Waals surface area contributed by atoms with Crippen LogP contribution in [0.2, 0.25) is 0 Å². The Morgan fingerprint density at radius 3 is 2.34 bits per heavy atom. The molecular weight excluding hydrogens is 400 g/mol. The number of anilines is 2. The number of ether oxygens (including phenoxy) is 2. The lowest BCUT2D eigenvalue weighted by Crippen LogP contribution is -2.27. The summed E-state index contributed by atoms with van der Waals surface area (Å²) < 4.78 is 11.1. The van der Waals surface area contributed by atoms with Crippen molar-refractivity contribution in [2.45, 2.75) is 24.8 Å². The molecule has 1 aliphatic carbocycles. The van der Waals surface area contributed by atoms with E-state index >= 15 is 0 Å². The van der Waals surface area contributed by atoms with Crippen LogP contribution in [-0.4, -0.2) is 20.0 Å². The Morgan fingerprint density at radius 2 is 1.59 bits per heavy atom. The Hall–Kier alpha value is -3.73. The van der Waals surface area contributed by atoms with E-state index in [1.54, 1.807) is 14.2 Å². The van der Waals surface area contributed by atoms with Crippen LogP contribution < -0.4 is 20.1 Å². The number of nitrogens with one attached hydrogen (secondary N) is 2. The molecule has 0 amide bonds. The van der Waals surface area contributed by atoms with Gasteiger partial charge in [0.05, 0.1) is 31.6 Å². The molecule has 1 heterocycles. The summed E-state index contributed by atoms with van der Waals surface area (Å²) in [5, 5.41) is 7.19. The smallest absolute Gasteiger partial charge is 0.163 e. The molecule has 0 aromatic heterocycles. The van der Waals surface area contributed by atoms with Gasteiger partial charge in [0.25, 0.3) is 0 Å². The lowest BCUT2D eigenvalue weighted by molar-refractivity contribution is -0.116. The summed E-state index contributed by atoms with van der Waals surface area (Å²) in [6.07, 6.45) is 1.26. The second-order valence-electron chi connectivity index (χ2n) is 8.19. The van der Waals surface area contributed by atoms with Gasteiger partial charge in [0, 0.05) is 29.3 Å². The largest absolute Gasteiger partial charge is 0.497 e. The summed E-state index contributed by atoms with van der Waals surface area (Å²) in [6, 6.07) is 23.8. The molecule has 0 spiro atoms. The first kappa shape index (κ1) is 20.2. The van der Waals surface area contributed by atoms with Gasteiger partial charge in [0.1, 0.15) is 11.5 Å². The van der Waals surface area contributed by atoms with E-state index in [1.165, 1.54) is 5.56 Å². The number of ketones is 1. The van der Waals surface area contributed by atoms with Gasteiger partial charge in [-0.25, -0.2) is 0 Å². The standard InChI is InChI=1S/C27H26N2O3/c1-31-19-12-13-20(25(16-19)32-2)27-26-23(28-21-10-6-7-11-22(21)29-27)14-18(15-24(26)30)17-8-4-3-5-9-17/h3-13,16,18,27-29H,14-15H2,1-2H3/t18-,27-/m1/s1. The van der Waals surface area contributed by atoms with Gasteiger partial charge in [-0.2, -0.15) is 0 Å². The van der Waals surface area contributed by atoms with E-state index in [0.717, 1.165) is 34.6 Å². The number of fused-ring (bicyclic) bond motifs is 1. The normalized spacial score (nSPS) is 19.8. The van der Waals surface area contributed by atoms with E-state index in [-0.39, 0.29) is 17.7 Å². The molecule has 5 rings (SSSR count). The summed E-state index contributed by atoms with van der Waals surface area (Å²) >= 11 is 0. The second kappa shape index (κ2) is 8.42. The van der Waals surface area contributed by atoms with Gasteiger partial charge in [0.2, 0.25) is 0 Å². The molecule has 2 N–H and O–H groups in total. The predicted octanol–water partition coefficient (Wildman–Crippen LogP) is 5.68. The highest BCUT2D eigenvalue weighted by Gasteiger charge is 2.37. The number of benzene rings is 3. The molecule has 3 aromatic rings. The topological polar surface area (TPSA) is 59.6 Å². The zero-order valence-electron chi connectivity index (χ0n) is 18.2. The zero-order valence-corrected chi connectivity index (χ0v) is 18.2. The quantitative estimate of drug-likeness (QED) is 0.562. The number of allylic oxidation sites excluding steroid dienone is 1. The van der Waals surface area contributed by atoms with E-state index in [4.69, 9.17) is 9.47 Å². The van der Waals surface area contributed by atoms with Crippen molar-refractivity contribution >= 4 is 17.2 Å². The summed E-state index contributed by atoms with van der Waals surface area (Å²) in [5.41, 5.74) is 5.77. The molecule has 0 radical (unpaired) electrons. The molecule has 0 saturated heterocycles. The van der Waals surface area contributed by atoms with Gasteiger partial charge in [-0.15, -0.1) is 0 Å². The molecule has 32 heavy (non-hydrogen) atoms. The Kier molecular flexibility index (Phi) is 5.31. The summed E-state index contributed by atoms with van der Waals surface area (Å²) in [4.78, 5) is 13.6. The molecule has 2 atom stereocenters. The first-order valence-electron chi connectivity index (χ1n) is 10.8. The van der Waals surface area contributed by atoms with Crippen LogP contribution in [-0.2, 0) is 4.79 Å². The van der Waals surface area contributed by atoms with Crippen molar-refractivity contribution in [3.05, 3.63) is 95.2 Å². The third kappa shape index (κ3) is 3.60. The number of para-hydroxylation sites is 2. The van der Waals surface area contributed by atoms with Crippen LogP contribution in [0.15, 0.2) is 84.1 Å². The van der Waals surface area contributed by atoms with Crippen LogP contribution in [0.25, 0.3) is 0 Å². The third-order valence-electron chi connectivity index (χ3n) is 6.33. The van der Waals surface area contributed by atoms with Crippen LogP contribution in [0, 0.1) is 0 Å². The van der Waals surface area contributed by atoms with Gasteiger partial charge in [-0.05, 0) is 42.2 Å². The molecule has 0 saturated carbocycles. The van der Waals surface area contributed by atoms with Crippen molar-refractivity contribution in [3.8, 4) is 11.5 Å². The minimum atomic E-state index is -0.328. The molecule has 3 aromatic carbocycles. The van der Waals surface area contributed by atoms with E-state index in [0.29, 0.717) is 17.9 Å². The molecule has 5 heteroatoms. The van der Waals surface area contributed by atoms with Crippen LogP contribution >= 0.6 is 0 Å². The Morgan fingerprint density at radius 1 is 0.844 bits per heavy atom. The van der Waals surface area contributed by atoms with Crippen molar-refractivity contribution in [1.29, 1.82) is 0 Å². The van der Waals surface area contributed by atoms with Crippen LogP contribution in [0.5, 0.6) is 11.5 Å². The average Bonchev–Trinajstić information content (AvgIpc) is 3.01. The van der Waals surface area contributed by atoms with Crippen LogP contribution in [0.4, 0.5) is 11.4 Å². The SMILES string of the molecule is COc1ccc([C@H]2Nc3ccccc3NC3=C2C(=O)C[C@H](c2ccccc2)C3)c(OC)c1. The number of hydrogen-bond donors (Lipinski definition) is 2. The molecule has 0 bridgehead atoms. The Balaban J connectivity index is 1.64. The highest BCUT2D eigenvalue weighted by atomic mass is 16.5. The first-order chi connectivity index (χ1) is 15.7. The summed E-state index contributed by atoms with van der Waals surface area (Å²) in [5.74, 6) is 1.70. The fourth-order valence-corrected chi connectivity index (χ4v) is 4.74. The van der Waals surface area contributed by atoms with Crippen LogP contribution in [0.1, 0.15) is 35.9 Å². The van der Waals surface area contributed by atoms with E-state index in [9.17, 15) is 4.79 Å². The zero-order chi connectivity index (χ0) is 22.1. The van der Waals surface area contributed by atoms with Gasteiger partial charge in [0.15, 0.2) is 5.78 Å².